The van der Waals surface area contributed by atoms with Crippen molar-refractivity contribution >= 4 is 0 Å². The smallest absolute Gasteiger partial charge is 0.138 e. The maximum absolute atomic E-state index is 9.50. The third-order valence-corrected chi connectivity index (χ3v) is 3.16. The van der Waals surface area contributed by atoms with E-state index in [1.807, 2.05) is 39.0 Å². The third-order valence-electron chi connectivity index (χ3n) is 3.16. The lowest BCUT2D eigenvalue weighted by Crippen LogP contribution is -2.25. The number of nitriles is 1. The van der Waals surface area contributed by atoms with Crippen LogP contribution >= 0.6 is 0 Å². The summed E-state index contributed by atoms with van der Waals surface area (Å²) in [6, 6.07) is 8.24. The maximum Gasteiger partial charge on any atom is 0.138 e. The molecule has 0 atom stereocenters. The number of nitrogens with zero attached hydrogens (tertiary/aromatic N) is 1. The Hall–Kier alpha value is -1.49. The first-order valence-corrected chi connectivity index (χ1v) is 6.94. The molecular weight excluding hydrogens is 234 g/mol. The maximum atomic E-state index is 9.50. The quantitative estimate of drug-likeness (QED) is 0.777. The van der Waals surface area contributed by atoms with Crippen molar-refractivity contribution in [2.75, 3.05) is 0 Å². The van der Waals surface area contributed by atoms with E-state index in [0.717, 1.165) is 18.4 Å². The van der Waals surface area contributed by atoms with Crippen molar-refractivity contribution in [3.63, 3.8) is 0 Å². The second-order valence-corrected chi connectivity index (χ2v) is 6.64. The second kappa shape index (κ2) is 5.65. The van der Waals surface area contributed by atoms with Gasteiger partial charge in [0.1, 0.15) is 17.4 Å². The molecule has 0 N–H and O–H groups in total. The fourth-order valence-corrected chi connectivity index (χ4v) is 2.39. The van der Waals surface area contributed by atoms with Gasteiger partial charge in [0, 0.05) is 0 Å². The summed E-state index contributed by atoms with van der Waals surface area (Å²) in [7, 11) is 0. The van der Waals surface area contributed by atoms with Crippen LogP contribution < -0.4 is 4.74 Å². The van der Waals surface area contributed by atoms with Crippen LogP contribution in [0.5, 0.6) is 5.75 Å². The first-order valence-electron chi connectivity index (χ1n) is 6.94. The molecule has 0 aliphatic heterocycles. The van der Waals surface area contributed by atoms with Gasteiger partial charge in [0.25, 0.3) is 0 Å². The highest BCUT2D eigenvalue weighted by atomic mass is 16.5. The molecule has 1 aromatic carbocycles. The van der Waals surface area contributed by atoms with Gasteiger partial charge in [0.05, 0.1) is 5.56 Å². The van der Waals surface area contributed by atoms with Gasteiger partial charge in [-0.15, -0.1) is 0 Å². The molecule has 0 heterocycles. The molecule has 104 valence electrons. The van der Waals surface area contributed by atoms with E-state index in [-0.39, 0.29) is 11.0 Å². The van der Waals surface area contributed by atoms with E-state index in [9.17, 15) is 5.26 Å². The molecule has 1 rings (SSSR count). The summed E-state index contributed by atoms with van der Waals surface area (Å²) in [5, 5.41) is 9.50. The molecule has 0 aliphatic carbocycles. The summed E-state index contributed by atoms with van der Waals surface area (Å²) in [6.07, 6.45) is 2.16. The van der Waals surface area contributed by atoms with E-state index in [1.54, 1.807) is 0 Å². The fraction of sp³-hybridized carbons (Fsp3) is 0.588. The predicted octanol–water partition coefficient (Wildman–Crippen LogP) is 4.81. The standard InChI is InChI=1S/C17H25NO/c1-7-11-17(5,6)14-9-8-10-15(13(14)12-18)19-16(2,3)4/h8-10H,7,11H2,1-6H3. The van der Waals surface area contributed by atoms with Gasteiger partial charge >= 0.3 is 0 Å². The molecule has 0 radical (unpaired) electrons. The molecule has 0 saturated carbocycles. The van der Waals surface area contributed by atoms with E-state index in [1.165, 1.54) is 0 Å². The highest BCUT2D eigenvalue weighted by Crippen LogP contribution is 2.35. The lowest BCUT2D eigenvalue weighted by molar-refractivity contribution is 0.130. The van der Waals surface area contributed by atoms with Crippen LogP contribution in [0.25, 0.3) is 0 Å². The zero-order valence-electron chi connectivity index (χ0n) is 13.0. The summed E-state index contributed by atoms with van der Waals surface area (Å²) in [6.45, 7) is 12.5. The number of benzene rings is 1. The Morgan fingerprint density at radius 1 is 1.16 bits per heavy atom. The minimum Gasteiger partial charge on any atom is -0.487 e. The SMILES string of the molecule is CCCC(C)(C)c1cccc(OC(C)(C)C)c1C#N. The molecule has 2 heteroatoms. The van der Waals surface area contributed by atoms with Crippen LogP contribution in [0.1, 0.15) is 65.5 Å². The Bertz CT molecular complexity index is 475. The Kier molecular flexibility index (Phi) is 4.63. The van der Waals surface area contributed by atoms with Crippen molar-refractivity contribution in [3.8, 4) is 11.8 Å². The lowest BCUT2D eigenvalue weighted by atomic mass is 9.78. The summed E-state index contributed by atoms with van der Waals surface area (Å²) in [4.78, 5) is 0. The van der Waals surface area contributed by atoms with Gasteiger partial charge in [0.15, 0.2) is 0 Å². The first kappa shape index (κ1) is 15.6. The summed E-state index contributed by atoms with van der Waals surface area (Å²) in [5.41, 5.74) is 1.46. The van der Waals surface area contributed by atoms with Gasteiger partial charge in [-0.2, -0.15) is 5.26 Å². The summed E-state index contributed by atoms with van der Waals surface area (Å²) in [5.74, 6) is 0.691. The topological polar surface area (TPSA) is 33.0 Å². The van der Waals surface area contributed by atoms with Crippen LogP contribution in [0.4, 0.5) is 0 Å². The zero-order chi connectivity index (χ0) is 14.7. The van der Waals surface area contributed by atoms with Crippen molar-refractivity contribution < 1.29 is 4.74 Å². The predicted molar refractivity (Wildman–Crippen MR) is 79.5 cm³/mol. The molecule has 1 aromatic rings. The van der Waals surface area contributed by atoms with Gasteiger partial charge in [-0.3, -0.25) is 0 Å². The van der Waals surface area contributed by atoms with E-state index >= 15 is 0 Å². The first-order chi connectivity index (χ1) is 8.71. The molecule has 0 unspecified atom stereocenters. The summed E-state index contributed by atoms with van der Waals surface area (Å²) >= 11 is 0. The Balaban J connectivity index is 3.29. The van der Waals surface area contributed by atoms with Gasteiger partial charge < -0.3 is 4.74 Å². The van der Waals surface area contributed by atoms with Crippen LogP contribution in [-0.2, 0) is 5.41 Å². The van der Waals surface area contributed by atoms with Gasteiger partial charge in [0.2, 0.25) is 0 Å². The molecule has 0 saturated heterocycles. The Labute approximate surface area is 117 Å². The highest BCUT2D eigenvalue weighted by molar-refractivity contribution is 5.51. The fourth-order valence-electron chi connectivity index (χ4n) is 2.39. The molecular formula is C17H25NO. The number of ether oxygens (including phenoxy) is 1. The molecule has 0 aliphatic rings. The number of hydrogen-bond acceptors (Lipinski definition) is 2. The molecule has 2 nitrogen and oxygen atoms in total. The normalized spacial score (nSPS) is 12.1. The molecule has 19 heavy (non-hydrogen) atoms. The van der Waals surface area contributed by atoms with Crippen molar-refractivity contribution in [2.24, 2.45) is 0 Å². The van der Waals surface area contributed by atoms with Crippen molar-refractivity contribution in [2.45, 2.75) is 65.4 Å². The summed E-state index contributed by atoms with van der Waals surface area (Å²) < 4.78 is 5.92. The average molecular weight is 259 g/mol. The van der Waals surface area contributed by atoms with Crippen LogP contribution in [0.3, 0.4) is 0 Å². The van der Waals surface area contributed by atoms with E-state index in [4.69, 9.17) is 4.74 Å². The Morgan fingerprint density at radius 2 is 1.79 bits per heavy atom. The van der Waals surface area contributed by atoms with Gasteiger partial charge in [-0.25, -0.2) is 0 Å². The van der Waals surface area contributed by atoms with E-state index in [2.05, 4.69) is 26.8 Å². The molecule has 0 spiro atoms. The molecule has 0 amide bonds. The number of rotatable bonds is 4. The van der Waals surface area contributed by atoms with Crippen LogP contribution in [0.2, 0.25) is 0 Å². The highest BCUT2D eigenvalue weighted by Gasteiger charge is 2.26. The van der Waals surface area contributed by atoms with Gasteiger partial charge in [-0.1, -0.05) is 39.3 Å². The van der Waals surface area contributed by atoms with Crippen LogP contribution in [0, 0.1) is 11.3 Å². The van der Waals surface area contributed by atoms with E-state index in [0.29, 0.717) is 11.3 Å². The molecule has 0 aromatic heterocycles. The van der Waals surface area contributed by atoms with E-state index < -0.39 is 0 Å². The van der Waals surface area contributed by atoms with Crippen molar-refractivity contribution in [1.82, 2.24) is 0 Å². The Morgan fingerprint density at radius 3 is 2.26 bits per heavy atom. The zero-order valence-corrected chi connectivity index (χ0v) is 13.0. The minimum atomic E-state index is -0.293. The van der Waals surface area contributed by atoms with Crippen molar-refractivity contribution in [1.29, 1.82) is 5.26 Å². The van der Waals surface area contributed by atoms with Crippen molar-refractivity contribution in [3.05, 3.63) is 29.3 Å². The van der Waals surface area contributed by atoms with Crippen LogP contribution in [0.15, 0.2) is 18.2 Å². The minimum absolute atomic E-state index is 0.00291. The number of hydrogen-bond donors (Lipinski definition) is 0. The van der Waals surface area contributed by atoms with Crippen LogP contribution in [-0.4, -0.2) is 5.60 Å². The van der Waals surface area contributed by atoms with Gasteiger partial charge in [-0.05, 0) is 44.2 Å². The third kappa shape index (κ3) is 3.99. The second-order valence-electron chi connectivity index (χ2n) is 6.64. The molecule has 0 fully saturated rings. The monoisotopic (exact) mass is 259 g/mol. The molecule has 0 bridgehead atoms. The largest absolute Gasteiger partial charge is 0.487 e. The lowest BCUT2D eigenvalue weighted by Gasteiger charge is -2.28. The average Bonchev–Trinajstić information content (AvgIpc) is 2.26.